The second kappa shape index (κ2) is 58.2. The van der Waals surface area contributed by atoms with E-state index in [0.717, 1.165) is 102 Å². The SMILES string of the molecule is CCCCCCCCCCCCCCCCCCC(=O)O[C@H](COC(=O)CCCCCCCCCCCC(C)C)COP(=O)(O)OC[C@@H](O)COP(=O)(O)OC[C@@H](COC(=O)CCCCCCCCC(C)C)OC(=O)CCCCCCCCC(C)C. The molecule has 0 bridgehead atoms. The van der Waals surface area contributed by atoms with E-state index in [4.69, 9.17) is 37.0 Å². The van der Waals surface area contributed by atoms with Crippen molar-refractivity contribution in [2.24, 2.45) is 17.8 Å². The fourth-order valence-corrected chi connectivity index (χ4v) is 11.6. The first-order chi connectivity index (χ1) is 41.2. The van der Waals surface area contributed by atoms with E-state index in [2.05, 4.69) is 48.5 Å². The minimum absolute atomic E-state index is 0.101. The van der Waals surface area contributed by atoms with Gasteiger partial charge < -0.3 is 33.8 Å². The lowest BCUT2D eigenvalue weighted by atomic mass is 10.0. The Balaban J connectivity index is 5.22. The third-order valence-corrected chi connectivity index (χ3v) is 17.3. The molecule has 0 spiro atoms. The van der Waals surface area contributed by atoms with Crippen LogP contribution in [0.2, 0.25) is 0 Å². The van der Waals surface area contributed by atoms with Crippen LogP contribution in [0.3, 0.4) is 0 Å². The van der Waals surface area contributed by atoms with Gasteiger partial charge in [0.05, 0.1) is 26.4 Å². The van der Waals surface area contributed by atoms with Crippen molar-refractivity contribution in [3.05, 3.63) is 0 Å². The molecule has 0 aliphatic carbocycles. The molecule has 0 radical (unpaired) electrons. The van der Waals surface area contributed by atoms with Gasteiger partial charge in [-0.15, -0.1) is 0 Å². The van der Waals surface area contributed by atoms with Crippen molar-refractivity contribution in [3.63, 3.8) is 0 Å². The maximum Gasteiger partial charge on any atom is 0.472 e. The smallest absolute Gasteiger partial charge is 0.462 e. The summed E-state index contributed by atoms with van der Waals surface area (Å²) in [5.41, 5.74) is 0. The van der Waals surface area contributed by atoms with Crippen molar-refractivity contribution in [1.29, 1.82) is 0 Å². The molecule has 5 atom stereocenters. The van der Waals surface area contributed by atoms with Crippen LogP contribution < -0.4 is 0 Å². The average molecular weight is 1270 g/mol. The zero-order valence-corrected chi connectivity index (χ0v) is 57.6. The highest BCUT2D eigenvalue weighted by Crippen LogP contribution is 2.45. The summed E-state index contributed by atoms with van der Waals surface area (Å²) in [5.74, 6) is -0.0440. The largest absolute Gasteiger partial charge is 0.472 e. The molecule has 0 aromatic rings. The predicted octanol–water partition coefficient (Wildman–Crippen LogP) is 18.7. The summed E-state index contributed by atoms with van der Waals surface area (Å²) in [4.78, 5) is 72.3. The molecular formula is C67H130O17P2. The van der Waals surface area contributed by atoms with Gasteiger partial charge in [-0.1, -0.05) is 280 Å². The van der Waals surface area contributed by atoms with E-state index in [1.165, 1.54) is 135 Å². The van der Waals surface area contributed by atoms with Crippen molar-refractivity contribution < 1.29 is 80.2 Å². The Hall–Kier alpha value is -1.94. The second-order valence-corrected chi connectivity index (χ2v) is 28.5. The van der Waals surface area contributed by atoms with Gasteiger partial charge in [0, 0.05) is 25.7 Å². The summed E-state index contributed by atoms with van der Waals surface area (Å²) in [7, 11) is -9.89. The number of ether oxygens (including phenoxy) is 4. The molecule has 3 N–H and O–H groups in total. The Morgan fingerprint density at radius 2 is 0.535 bits per heavy atom. The zero-order valence-electron chi connectivity index (χ0n) is 55.8. The van der Waals surface area contributed by atoms with Crippen LogP contribution in [0.25, 0.3) is 0 Å². The van der Waals surface area contributed by atoms with E-state index in [0.29, 0.717) is 37.5 Å². The number of rotatable bonds is 65. The number of phosphoric acid groups is 2. The number of carbonyl (C=O) groups excluding carboxylic acids is 4. The molecular weight excluding hydrogens is 1140 g/mol. The predicted molar refractivity (Wildman–Crippen MR) is 344 cm³/mol. The van der Waals surface area contributed by atoms with E-state index in [-0.39, 0.29) is 25.7 Å². The van der Waals surface area contributed by atoms with Crippen molar-refractivity contribution in [1.82, 2.24) is 0 Å². The van der Waals surface area contributed by atoms with E-state index in [9.17, 15) is 43.2 Å². The highest BCUT2D eigenvalue weighted by Gasteiger charge is 2.30. The van der Waals surface area contributed by atoms with Crippen molar-refractivity contribution in [3.8, 4) is 0 Å². The van der Waals surface area contributed by atoms with E-state index in [1.54, 1.807) is 0 Å². The number of esters is 4. The third-order valence-electron chi connectivity index (χ3n) is 15.4. The van der Waals surface area contributed by atoms with Crippen LogP contribution in [0.4, 0.5) is 0 Å². The minimum Gasteiger partial charge on any atom is -0.462 e. The van der Waals surface area contributed by atoms with Gasteiger partial charge >= 0.3 is 39.5 Å². The lowest BCUT2D eigenvalue weighted by molar-refractivity contribution is -0.161. The number of carbonyl (C=O) groups is 4. The van der Waals surface area contributed by atoms with Crippen LogP contribution in [0, 0.1) is 17.8 Å². The molecule has 0 aromatic heterocycles. The monoisotopic (exact) mass is 1270 g/mol. The first kappa shape index (κ1) is 84.1. The summed E-state index contributed by atoms with van der Waals surface area (Å²) in [6.45, 7) is 11.6. The van der Waals surface area contributed by atoms with Crippen LogP contribution in [0.15, 0.2) is 0 Å². The first-order valence-corrected chi connectivity index (χ1v) is 37.8. The fraction of sp³-hybridized carbons (Fsp3) is 0.940. The molecule has 0 amide bonds. The summed E-state index contributed by atoms with van der Waals surface area (Å²) >= 11 is 0. The molecule has 0 fully saturated rings. The Bertz CT molecular complexity index is 1700. The van der Waals surface area contributed by atoms with Gasteiger partial charge in [0.15, 0.2) is 12.2 Å². The molecule has 17 nitrogen and oxygen atoms in total. The molecule has 86 heavy (non-hydrogen) atoms. The number of phosphoric ester groups is 2. The quantitative estimate of drug-likeness (QED) is 0.0222. The highest BCUT2D eigenvalue weighted by atomic mass is 31.2. The van der Waals surface area contributed by atoms with Crippen molar-refractivity contribution in [2.75, 3.05) is 39.6 Å². The second-order valence-electron chi connectivity index (χ2n) is 25.6. The molecule has 0 aliphatic rings. The van der Waals surface area contributed by atoms with Crippen LogP contribution in [0.5, 0.6) is 0 Å². The van der Waals surface area contributed by atoms with Crippen molar-refractivity contribution in [2.45, 2.75) is 349 Å². The molecule has 19 heteroatoms. The van der Waals surface area contributed by atoms with Crippen molar-refractivity contribution >= 4 is 39.5 Å². The Morgan fingerprint density at radius 3 is 0.791 bits per heavy atom. The van der Waals surface area contributed by atoms with Crippen LogP contribution >= 0.6 is 15.6 Å². The first-order valence-electron chi connectivity index (χ1n) is 34.8. The molecule has 0 saturated carbocycles. The number of hydrogen-bond donors (Lipinski definition) is 3. The standard InChI is InChI=1S/C67H130O17P2/c1-8-9-10-11-12-13-14-15-16-17-18-19-22-26-36-43-50-66(71)83-62(54-77-64(69)48-41-34-25-23-20-21-24-31-38-45-58(2)3)56-81-85(73,74)79-52-61(68)53-80-86(75,76)82-57-63(84-67(72)51-44-37-30-28-33-40-47-60(6)7)55-78-65(70)49-42-35-29-27-32-39-46-59(4)5/h58-63,68H,8-57H2,1-7H3,(H,73,74)(H,75,76)/t61-,62-,63-/m1/s1. The Kier molecular flexibility index (Phi) is 56.9. The van der Waals surface area contributed by atoms with Crippen LogP contribution in [-0.4, -0.2) is 96.7 Å². The number of unbranched alkanes of at least 4 members (excludes halogenated alkanes) is 33. The maximum absolute atomic E-state index is 13.0. The molecule has 0 aromatic carbocycles. The summed E-state index contributed by atoms with van der Waals surface area (Å²) in [6.07, 6.45) is 40.7. The third kappa shape index (κ3) is 60.9. The molecule has 0 saturated heterocycles. The molecule has 0 heterocycles. The van der Waals surface area contributed by atoms with Gasteiger partial charge in [0.1, 0.15) is 19.3 Å². The van der Waals surface area contributed by atoms with Crippen LogP contribution in [-0.2, 0) is 65.4 Å². The average Bonchev–Trinajstić information content (AvgIpc) is 3.63. The van der Waals surface area contributed by atoms with Gasteiger partial charge in [0.25, 0.3) is 0 Å². The lowest BCUT2D eigenvalue weighted by Gasteiger charge is -2.21. The maximum atomic E-state index is 13.0. The Labute approximate surface area is 524 Å². The van der Waals surface area contributed by atoms with Gasteiger partial charge in [-0.2, -0.15) is 0 Å². The summed E-state index contributed by atoms with van der Waals surface area (Å²) < 4.78 is 68.1. The molecule has 0 aliphatic heterocycles. The topological polar surface area (TPSA) is 237 Å². The van der Waals surface area contributed by atoms with E-state index >= 15 is 0 Å². The lowest BCUT2D eigenvalue weighted by Crippen LogP contribution is -2.30. The highest BCUT2D eigenvalue weighted by molar-refractivity contribution is 7.47. The fourth-order valence-electron chi connectivity index (χ4n) is 10.0. The number of aliphatic hydroxyl groups excluding tert-OH is 1. The van der Waals surface area contributed by atoms with Gasteiger partial charge in [-0.05, 0) is 43.4 Å². The zero-order chi connectivity index (χ0) is 63.8. The normalized spacial score (nSPS) is 14.3. The van der Waals surface area contributed by atoms with Gasteiger partial charge in [-0.25, -0.2) is 9.13 Å². The number of aliphatic hydroxyl groups is 1. The van der Waals surface area contributed by atoms with E-state index < -0.39 is 97.5 Å². The van der Waals surface area contributed by atoms with Crippen LogP contribution in [0.1, 0.15) is 331 Å². The Morgan fingerprint density at radius 1 is 0.314 bits per heavy atom. The molecule has 0 rings (SSSR count). The minimum atomic E-state index is -4.95. The molecule has 510 valence electrons. The van der Waals surface area contributed by atoms with Gasteiger partial charge in [-0.3, -0.25) is 37.3 Å². The van der Waals surface area contributed by atoms with Gasteiger partial charge in [0.2, 0.25) is 0 Å². The summed E-state index contributed by atoms with van der Waals surface area (Å²) in [5, 5.41) is 10.5. The number of hydrogen-bond acceptors (Lipinski definition) is 15. The van der Waals surface area contributed by atoms with E-state index in [1.807, 2.05) is 0 Å². The molecule has 2 unspecified atom stereocenters. The summed E-state index contributed by atoms with van der Waals surface area (Å²) in [6, 6.07) is 0.